The average Bonchev–Trinajstić information content (AvgIpc) is 3.21. The van der Waals surface area contributed by atoms with Gasteiger partial charge >= 0.3 is 5.97 Å². The zero-order valence-corrected chi connectivity index (χ0v) is 16.3. The number of carbonyl (C=O) groups is 4. The minimum absolute atomic E-state index is 0.0362. The van der Waals surface area contributed by atoms with E-state index in [4.69, 9.17) is 10.8 Å². The first kappa shape index (κ1) is 24.0. The summed E-state index contributed by atoms with van der Waals surface area (Å²) in [6.07, 6.45) is 3.44. The zero-order chi connectivity index (χ0) is 22.0. The highest BCUT2D eigenvalue weighted by atomic mass is 16.4. The number of hydrogen-bond acceptors (Lipinski definition) is 7. The molecule has 0 fully saturated rings. The molecule has 0 saturated heterocycles. The number of aliphatic carboxylic acids is 1. The quantitative estimate of drug-likeness (QED) is 0.195. The number of carboxylic acids is 1. The van der Waals surface area contributed by atoms with Crippen LogP contribution in [-0.4, -0.2) is 75.1 Å². The summed E-state index contributed by atoms with van der Waals surface area (Å²) in [5.41, 5.74) is 5.89. The third kappa shape index (κ3) is 7.87. The second kappa shape index (κ2) is 11.8. The molecule has 3 amide bonds. The maximum absolute atomic E-state index is 12.7. The lowest BCUT2D eigenvalue weighted by atomic mass is 9.98. The second-order valence-corrected chi connectivity index (χ2v) is 6.62. The number of rotatable bonds is 12. The first-order valence-electron chi connectivity index (χ1n) is 9.13. The number of carbonyl (C=O) groups excluding carboxylic acids is 3. The molecule has 0 aliphatic rings. The predicted octanol–water partition coefficient (Wildman–Crippen LogP) is -2.51. The maximum Gasteiger partial charge on any atom is 0.326 e. The van der Waals surface area contributed by atoms with Crippen molar-refractivity contribution in [1.82, 2.24) is 25.9 Å². The van der Waals surface area contributed by atoms with Gasteiger partial charge in [0.2, 0.25) is 17.7 Å². The number of nitrogens with zero attached hydrogens (tertiary/aromatic N) is 1. The number of amides is 3. The van der Waals surface area contributed by atoms with Crippen LogP contribution in [0.4, 0.5) is 0 Å². The number of aromatic amines is 1. The van der Waals surface area contributed by atoms with Crippen LogP contribution >= 0.6 is 0 Å². The molecule has 1 rings (SSSR count). The number of imidazole rings is 1. The summed E-state index contributed by atoms with van der Waals surface area (Å²) in [7, 11) is 0. The summed E-state index contributed by atoms with van der Waals surface area (Å²) >= 11 is 0. The number of hydrogen-bond donors (Lipinski definition) is 7. The maximum atomic E-state index is 12.7. The summed E-state index contributed by atoms with van der Waals surface area (Å²) < 4.78 is 0. The Balaban J connectivity index is 2.82. The van der Waals surface area contributed by atoms with E-state index in [2.05, 4.69) is 25.9 Å². The number of aromatic nitrogens is 2. The van der Waals surface area contributed by atoms with Crippen LogP contribution in [0.5, 0.6) is 0 Å². The Morgan fingerprint density at radius 2 is 1.93 bits per heavy atom. The van der Waals surface area contributed by atoms with Crippen LogP contribution in [0, 0.1) is 5.92 Å². The van der Waals surface area contributed by atoms with Crippen molar-refractivity contribution in [3.8, 4) is 0 Å². The fraction of sp³-hybridized carbons (Fsp3) is 0.588. The molecule has 0 saturated carbocycles. The summed E-state index contributed by atoms with van der Waals surface area (Å²) in [5.74, 6) is -3.58. The first-order chi connectivity index (χ1) is 13.7. The summed E-state index contributed by atoms with van der Waals surface area (Å²) in [6, 6.07) is -3.38. The third-order valence-electron chi connectivity index (χ3n) is 4.36. The van der Waals surface area contributed by atoms with Gasteiger partial charge in [-0.3, -0.25) is 14.4 Å². The Labute approximate surface area is 167 Å². The molecule has 0 spiro atoms. The van der Waals surface area contributed by atoms with Gasteiger partial charge in [-0.15, -0.1) is 0 Å². The van der Waals surface area contributed by atoms with Crippen molar-refractivity contribution in [2.75, 3.05) is 13.2 Å². The SMILES string of the molecule is CCC(C)C(NC(=O)C(Cc1cnc[nH]1)NC(=O)CNC(=O)C(N)CO)C(=O)O. The summed E-state index contributed by atoms with van der Waals surface area (Å²) in [6.45, 7) is 2.45. The number of nitrogens with two attached hydrogens (primary N) is 1. The summed E-state index contributed by atoms with van der Waals surface area (Å²) in [5, 5.41) is 25.3. The fourth-order valence-corrected chi connectivity index (χ4v) is 2.39. The highest BCUT2D eigenvalue weighted by Gasteiger charge is 2.30. The molecule has 12 heteroatoms. The van der Waals surface area contributed by atoms with Gasteiger partial charge in [-0.1, -0.05) is 20.3 Å². The van der Waals surface area contributed by atoms with E-state index >= 15 is 0 Å². The average molecular weight is 412 g/mol. The van der Waals surface area contributed by atoms with Gasteiger partial charge in [-0.25, -0.2) is 9.78 Å². The van der Waals surface area contributed by atoms with Gasteiger partial charge in [-0.05, 0) is 5.92 Å². The van der Waals surface area contributed by atoms with Crippen LogP contribution in [0.3, 0.4) is 0 Å². The number of aliphatic hydroxyl groups excluding tert-OH is 1. The smallest absolute Gasteiger partial charge is 0.326 e. The van der Waals surface area contributed by atoms with Crippen LogP contribution in [0.1, 0.15) is 26.0 Å². The van der Waals surface area contributed by atoms with Crippen LogP contribution in [-0.2, 0) is 25.6 Å². The van der Waals surface area contributed by atoms with E-state index in [1.165, 1.54) is 12.5 Å². The predicted molar refractivity (Wildman–Crippen MR) is 101 cm³/mol. The van der Waals surface area contributed by atoms with Crippen molar-refractivity contribution in [3.63, 3.8) is 0 Å². The van der Waals surface area contributed by atoms with E-state index in [1.807, 2.05) is 0 Å². The lowest BCUT2D eigenvalue weighted by Crippen LogP contribution is -2.55. The monoisotopic (exact) mass is 412 g/mol. The Hall–Kier alpha value is -2.99. The highest BCUT2D eigenvalue weighted by molar-refractivity contribution is 5.92. The molecular weight excluding hydrogens is 384 g/mol. The number of H-pyrrole nitrogens is 1. The van der Waals surface area contributed by atoms with Gasteiger partial charge in [0.1, 0.15) is 18.1 Å². The molecule has 162 valence electrons. The molecule has 29 heavy (non-hydrogen) atoms. The van der Waals surface area contributed by atoms with E-state index in [0.717, 1.165) is 0 Å². The lowest BCUT2D eigenvalue weighted by molar-refractivity contribution is -0.143. The van der Waals surface area contributed by atoms with Crippen molar-refractivity contribution >= 4 is 23.7 Å². The number of nitrogens with one attached hydrogen (secondary N) is 4. The Bertz CT molecular complexity index is 695. The van der Waals surface area contributed by atoms with Crippen LogP contribution in [0.25, 0.3) is 0 Å². The standard InChI is InChI=1S/C17H28N6O6/c1-3-9(2)14(17(28)29)23-16(27)12(4-10-5-19-8-21-10)22-13(25)6-20-15(26)11(18)7-24/h5,8-9,11-12,14,24H,3-4,6-7,18H2,1-2H3,(H,19,21)(H,20,26)(H,22,25)(H,23,27)(H,28,29). The second-order valence-electron chi connectivity index (χ2n) is 6.62. The van der Waals surface area contributed by atoms with Gasteiger partial charge in [0, 0.05) is 18.3 Å². The number of aliphatic hydroxyl groups is 1. The molecule has 1 heterocycles. The van der Waals surface area contributed by atoms with Crippen LogP contribution in [0.2, 0.25) is 0 Å². The van der Waals surface area contributed by atoms with Crippen molar-refractivity contribution < 1.29 is 29.4 Å². The Morgan fingerprint density at radius 3 is 2.45 bits per heavy atom. The molecule has 0 aliphatic heterocycles. The van der Waals surface area contributed by atoms with Gasteiger partial charge < -0.3 is 36.9 Å². The molecule has 1 aromatic rings. The molecular formula is C17H28N6O6. The van der Waals surface area contributed by atoms with E-state index in [1.54, 1.807) is 13.8 Å². The molecule has 0 aromatic carbocycles. The molecule has 0 radical (unpaired) electrons. The Kier molecular flexibility index (Phi) is 9.75. The molecule has 4 unspecified atom stereocenters. The van der Waals surface area contributed by atoms with E-state index in [9.17, 15) is 24.3 Å². The molecule has 0 aliphatic carbocycles. The zero-order valence-electron chi connectivity index (χ0n) is 16.3. The fourth-order valence-electron chi connectivity index (χ4n) is 2.39. The van der Waals surface area contributed by atoms with Crippen LogP contribution < -0.4 is 21.7 Å². The molecule has 0 bridgehead atoms. The lowest BCUT2D eigenvalue weighted by Gasteiger charge is -2.24. The number of carboxylic acid groups (broad SMARTS) is 1. The third-order valence-corrected chi connectivity index (χ3v) is 4.36. The molecule has 12 nitrogen and oxygen atoms in total. The topological polar surface area (TPSA) is 200 Å². The van der Waals surface area contributed by atoms with E-state index in [-0.39, 0.29) is 12.3 Å². The Morgan fingerprint density at radius 1 is 1.24 bits per heavy atom. The molecule has 8 N–H and O–H groups in total. The van der Waals surface area contributed by atoms with Gasteiger partial charge in [0.25, 0.3) is 0 Å². The molecule has 4 atom stereocenters. The minimum Gasteiger partial charge on any atom is -0.480 e. The normalized spacial score (nSPS) is 14.9. The van der Waals surface area contributed by atoms with E-state index in [0.29, 0.717) is 12.1 Å². The van der Waals surface area contributed by atoms with Crippen molar-refractivity contribution in [3.05, 3.63) is 18.2 Å². The summed E-state index contributed by atoms with van der Waals surface area (Å²) in [4.78, 5) is 54.5. The van der Waals surface area contributed by atoms with Gasteiger partial charge in [0.05, 0.1) is 19.5 Å². The van der Waals surface area contributed by atoms with Crippen molar-refractivity contribution in [2.24, 2.45) is 11.7 Å². The van der Waals surface area contributed by atoms with Crippen molar-refractivity contribution in [1.29, 1.82) is 0 Å². The van der Waals surface area contributed by atoms with Crippen LogP contribution in [0.15, 0.2) is 12.5 Å². The van der Waals surface area contributed by atoms with Gasteiger partial charge in [-0.2, -0.15) is 0 Å². The van der Waals surface area contributed by atoms with Gasteiger partial charge in [0.15, 0.2) is 0 Å². The molecule has 1 aromatic heterocycles. The first-order valence-corrected chi connectivity index (χ1v) is 9.13. The van der Waals surface area contributed by atoms with E-state index < -0.39 is 55.0 Å². The minimum atomic E-state index is -1.18. The highest BCUT2D eigenvalue weighted by Crippen LogP contribution is 2.09. The van der Waals surface area contributed by atoms with Crippen molar-refractivity contribution in [2.45, 2.75) is 44.8 Å². The largest absolute Gasteiger partial charge is 0.480 e.